The molecule has 0 N–H and O–H groups in total. The van der Waals surface area contributed by atoms with E-state index >= 15 is 0 Å². The lowest BCUT2D eigenvalue weighted by molar-refractivity contribution is -0.149. The molecular weight excluding hydrogens is 316 g/mol. The summed E-state index contributed by atoms with van der Waals surface area (Å²) in [6.45, 7) is 7.79. The second-order valence-corrected chi connectivity index (χ2v) is 6.49. The maximum atomic E-state index is 11.8. The van der Waals surface area contributed by atoms with Crippen LogP contribution in [0.15, 0.2) is 0 Å². The summed E-state index contributed by atoms with van der Waals surface area (Å²) < 4.78 is 10.6. The lowest BCUT2D eigenvalue weighted by atomic mass is 10.1. The molecular formula is C21H36O4. The van der Waals surface area contributed by atoms with E-state index in [1.165, 1.54) is 32.1 Å². The van der Waals surface area contributed by atoms with Gasteiger partial charge in [-0.1, -0.05) is 51.9 Å². The molecule has 0 aromatic rings. The van der Waals surface area contributed by atoms with Crippen LogP contribution in [0.4, 0.5) is 0 Å². The van der Waals surface area contributed by atoms with Crippen molar-refractivity contribution in [2.24, 2.45) is 0 Å². The van der Waals surface area contributed by atoms with Crippen LogP contribution in [0.3, 0.4) is 0 Å². The van der Waals surface area contributed by atoms with Gasteiger partial charge in [0.05, 0.1) is 6.10 Å². The Morgan fingerprint density at radius 2 is 1.48 bits per heavy atom. The van der Waals surface area contributed by atoms with Crippen molar-refractivity contribution in [3.05, 3.63) is 0 Å². The Morgan fingerprint density at radius 1 is 0.880 bits per heavy atom. The molecule has 0 heterocycles. The molecule has 0 aromatic heterocycles. The Balaban J connectivity index is 3.74. The number of hydrogen-bond acceptors (Lipinski definition) is 4. The molecule has 2 unspecified atom stereocenters. The molecule has 2 atom stereocenters. The molecule has 4 heteroatoms. The lowest BCUT2D eigenvalue weighted by Crippen LogP contribution is -2.17. The van der Waals surface area contributed by atoms with Gasteiger partial charge in [0.15, 0.2) is 6.10 Å². The summed E-state index contributed by atoms with van der Waals surface area (Å²) in [5.74, 6) is 5.06. The number of hydrogen-bond donors (Lipinski definition) is 0. The van der Waals surface area contributed by atoms with Gasteiger partial charge in [0.2, 0.25) is 0 Å². The number of ether oxygens (including phenoxy) is 2. The van der Waals surface area contributed by atoms with Gasteiger partial charge in [-0.25, -0.2) is 0 Å². The van der Waals surface area contributed by atoms with Gasteiger partial charge in [-0.2, -0.15) is 0 Å². The van der Waals surface area contributed by atoms with Crippen molar-refractivity contribution in [2.75, 3.05) is 0 Å². The molecule has 0 bridgehead atoms. The Labute approximate surface area is 154 Å². The molecule has 0 rings (SSSR count). The fourth-order valence-electron chi connectivity index (χ4n) is 2.52. The first-order chi connectivity index (χ1) is 12.0. The van der Waals surface area contributed by atoms with Crippen LogP contribution in [0, 0.1) is 11.8 Å². The van der Waals surface area contributed by atoms with E-state index < -0.39 is 0 Å². The number of unbranched alkanes of at least 4 members (excludes halogenated alkanes) is 5. The third-order valence-electron chi connectivity index (χ3n) is 4.01. The van der Waals surface area contributed by atoms with E-state index in [9.17, 15) is 9.59 Å². The zero-order valence-corrected chi connectivity index (χ0v) is 16.6. The average molecular weight is 353 g/mol. The second-order valence-electron chi connectivity index (χ2n) is 6.49. The smallest absolute Gasteiger partial charge is 0.307 e. The highest BCUT2D eigenvalue weighted by Gasteiger charge is 2.13. The van der Waals surface area contributed by atoms with Crippen molar-refractivity contribution < 1.29 is 19.1 Å². The van der Waals surface area contributed by atoms with Crippen molar-refractivity contribution in [1.82, 2.24) is 0 Å². The topological polar surface area (TPSA) is 52.6 Å². The van der Waals surface area contributed by atoms with Crippen molar-refractivity contribution >= 4 is 11.9 Å². The molecule has 0 aromatic carbocycles. The summed E-state index contributed by atoms with van der Waals surface area (Å²) in [6.07, 6.45) is 9.54. The van der Waals surface area contributed by atoms with Gasteiger partial charge < -0.3 is 9.47 Å². The summed E-state index contributed by atoms with van der Waals surface area (Å²) in [7, 11) is 0. The van der Waals surface area contributed by atoms with Crippen LogP contribution in [-0.4, -0.2) is 24.1 Å². The summed E-state index contributed by atoms with van der Waals surface area (Å²) >= 11 is 0. The summed E-state index contributed by atoms with van der Waals surface area (Å²) in [5, 5.41) is 0. The van der Waals surface area contributed by atoms with Gasteiger partial charge in [-0.05, 0) is 39.5 Å². The summed E-state index contributed by atoms with van der Waals surface area (Å²) in [5.41, 5.74) is 0. The number of rotatable bonds is 14. The van der Waals surface area contributed by atoms with Crippen molar-refractivity contribution in [3.8, 4) is 11.8 Å². The van der Waals surface area contributed by atoms with Crippen LogP contribution in [0.25, 0.3) is 0 Å². The SMILES string of the molecule is CC#CC(CC)OC(=O)CCCC(=O)OC(C)CCCCCCCC. The van der Waals surface area contributed by atoms with Gasteiger partial charge >= 0.3 is 11.9 Å². The maximum Gasteiger partial charge on any atom is 0.307 e. The molecule has 0 saturated carbocycles. The predicted octanol–water partition coefficient (Wildman–Crippen LogP) is 5.18. The van der Waals surface area contributed by atoms with E-state index in [0.717, 1.165) is 12.8 Å². The Kier molecular flexibility index (Phi) is 15.0. The van der Waals surface area contributed by atoms with Crippen LogP contribution in [0.1, 0.15) is 98.3 Å². The Bertz CT molecular complexity index is 419. The van der Waals surface area contributed by atoms with Crippen LogP contribution in [0.5, 0.6) is 0 Å². The van der Waals surface area contributed by atoms with E-state index in [0.29, 0.717) is 12.8 Å². The van der Waals surface area contributed by atoms with Crippen LogP contribution < -0.4 is 0 Å². The minimum Gasteiger partial charge on any atom is -0.463 e. The standard InChI is InChI=1S/C21H36O4/c1-5-8-9-10-11-12-15-18(4)24-20(22)16-13-17-21(23)25-19(7-3)14-6-2/h18-19H,5,7-13,15-17H2,1-4H3. The summed E-state index contributed by atoms with van der Waals surface area (Å²) in [4.78, 5) is 23.5. The maximum absolute atomic E-state index is 11.8. The molecule has 144 valence electrons. The molecule has 0 aliphatic rings. The lowest BCUT2D eigenvalue weighted by Gasteiger charge is -2.13. The molecule has 0 aliphatic heterocycles. The van der Waals surface area contributed by atoms with Crippen LogP contribution >= 0.6 is 0 Å². The van der Waals surface area contributed by atoms with Gasteiger partial charge in [0, 0.05) is 12.8 Å². The fraction of sp³-hybridized carbons (Fsp3) is 0.810. The molecule has 0 fully saturated rings. The molecule has 4 nitrogen and oxygen atoms in total. The highest BCUT2D eigenvalue weighted by molar-refractivity contribution is 5.72. The van der Waals surface area contributed by atoms with Crippen molar-refractivity contribution in [2.45, 2.75) is 111 Å². The van der Waals surface area contributed by atoms with Gasteiger partial charge in [0.1, 0.15) is 0 Å². The van der Waals surface area contributed by atoms with Gasteiger partial charge in [-0.15, -0.1) is 5.92 Å². The first kappa shape index (κ1) is 23.5. The third kappa shape index (κ3) is 14.5. The highest BCUT2D eigenvalue weighted by Crippen LogP contribution is 2.11. The molecule has 0 radical (unpaired) electrons. The first-order valence-corrected chi connectivity index (χ1v) is 9.84. The number of carbonyl (C=O) groups excluding carboxylic acids is 2. The van der Waals surface area contributed by atoms with Crippen molar-refractivity contribution in [3.63, 3.8) is 0 Å². The van der Waals surface area contributed by atoms with E-state index in [4.69, 9.17) is 9.47 Å². The third-order valence-corrected chi connectivity index (χ3v) is 4.01. The molecule has 0 spiro atoms. The zero-order chi connectivity index (χ0) is 18.9. The minimum absolute atomic E-state index is 0.0464. The monoisotopic (exact) mass is 352 g/mol. The predicted molar refractivity (Wildman–Crippen MR) is 101 cm³/mol. The number of esters is 2. The molecule has 25 heavy (non-hydrogen) atoms. The molecule has 0 saturated heterocycles. The Hall–Kier alpha value is -1.50. The second kappa shape index (κ2) is 16.0. The van der Waals surface area contributed by atoms with E-state index in [1.54, 1.807) is 6.92 Å². The minimum atomic E-state index is -0.346. The fourth-order valence-corrected chi connectivity index (χ4v) is 2.52. The average Bonchev–Trinajstić information content (AvgIpc) is 2.57. The van der Waals surface area contributed by atoms with Crippen LogP contribution in [-0.2, 0) is 19.1 Å². The zero-order valence-electron chi connectivity index (χ0n) is 16.6. The highest BCUT2D eigenvalue weighted by atomic mass is 16.5. The van der Waals surface area contributed by atoms with E-state index in [2.05, 4.69) is 18.8 Å². The quantitative estimate of drug-likeness (QED) is 0.245. The van der Waals surface area contributed by atoms with E-state index in [-0.39, 0.29) is 37.0 Å². The summed E-state index contributed by atoms with van der Waals surface area (Å²) in [6, 6.07) is 0. The largest absolute Gasteiger partial charge is 0.463 e. The normalized spacial score (nSPS) is 12.6. The molecule has 0 amide bonds. The van der Waals surface area contributed by atoms with Gasteiger partial charge in [0.25, 0.3) is 0 Å². The van der Waals surface area contributed by atoms with E-state index in [1.807, 2.05) is 13.8 Å². The molecule has 0 aliphatic carbocycles. The van der Waals surface area contributed by atoms with Gasteiger partial charge in [-0.3, -0.25) is 9.59 Å². The van der Waals surface area contributed by atoms with Crippen molar-refractivity contribution in [1.29, 1.82) is 0 Å². The Morgan fingerprint density at radius 3 is 2.08 bits per heavy atom. The first-order valence-electron chi connectivity index (χ1n) is 9.84. The number of carbonyl (C=O) groups is 2. The van der Waals surface area contributed by atoms with Crippen LogP contribution in [0.2, 0.25) is 0 Å².